The van der Waals surface area contributed by atoms with E-state index in [1.165, 1.54) is 28.0 Å². The number of nitrogens with zero attached hydrogens (tertiary/aromatic N) is 2. The Bertz CT molecular complexity index is 768. The van der Waals surface area contributed by atoms with E-state index >= 15 is 0 Å². The fourth-order valence-corrected chi connectivity index (χ4v) is 2.90. The Morgan fingerprint density at radius 1 is 1.16 bits per heavy atom. The van der Waals surface area contributed by atoms with E-state index in [-0.39, 0.29) is 11.6 Å². The molecular weight excluding hydrogens is 264 g/mol. The van der Waals surface area contributed by atoms with Crippen LogP contribution >= 0.6 is 11.3 Å². The van der Waals surface area contributed by atoms with Crippen molar-refractivity contribution in [2.24, 2.45) is 0 Å². The van der Waals surface area contributed by atoms with Crippen molar-refractivity contribution in [2.45, 2.75) is 0 Å². The third-order valence-electron chi connectivity index (χ3n) is 2.78. The van der Waals surface area contributed by atoms with Crippen molar-refractivity contribution in [1.82, 2.24) is 0 Å². The van der Waals surface area contributed by atoms with Crippen LogP contribution in [0.5, 0.6) is 5.88 Å². The van der Waals surface area contributed by atoms with E-state index in [0.717, 1.165) is 10.4 Å². The van der Waals surface area contributed by atoms with E-state index in [4.69, 9.17) is 0 Å². The van der Waals surface area contributed by atoms with Gasteiger partial charge in [-0.15, -0.1) is 4.40 Å². The Hall–Kier alpha value is -2.47. The summed E-state index contributed by atoms with van der Waals surface area (Å²) in [5.74, 6) is 0.0231. The molecule has 3 aromatic rings. The molecule has 0 unspecified atom stereocenters. The molecule has 19 heavy (non-hydrogen) atoms. The normalized spacial score (nSPS) is 10.7. The lowest BCUT2D eigenvalue weighted by atomic mass is 10.2. The summed E-state index contributed by atoms with van der Waals surface area (Å²) in [4.78, 5) is 11.7. The largest absolute Gasteiger partial charge is 0.458 e. The molecule has 5 nitrogen and oxygen atoms in total. The summed E-state index contributed by atoms with van der Waals surface area (Å²) in [5.41, 5.74) is 0.835. The topological polar surface area (TPSA) is 67.5 Å². The molecule has 2 heterocycles. The van der Waals surface area contributed by atoms with Crippen LogP contribution in [0.1, 0.15) is 0 Å². The van der Waals surface area contributed by atoms with E-state index in [0.29, 0.717) is 4.88 Å². The number of hydrogen-bond donors (Lipinski definition) is 1. The van der Waals surface area contributed by atoms with Crippen LogP contribution in [0.25, 0.3) is 15.3 Å². The van der Waals surface area contributed by atoms with Gasteiger partial charge in [-0.05, 0) is 0 Å². The Labute approximate surface area is 112 Å². The van der Waals surface area contributed by atoms with E-state index in [1.54, 1.807) is 6.07 Å². The van der Waals surface area contributed by atoms with Gasteiger partial charge in [0.05, 0.1) is 4.92 Å². The molecule has 1 N–H and O–H groups in total. The van der Waals surface area contributed by atoms with E-state index in [9.17, 15) is 15.2 Å². The van der Waals surface area contributed by atoms with Crippen molar-refractivity contribution in [3.8, 4) is 16.3 Å². The maximum absolute atomic E-state index is 10.7. The summed E-state index contributed by atoms with van der Waals surface area (Å²) in [6.07, 6.45) is 1.33. The maximum Gasteiger partial charge on any atom is 0.390 e. The Balaban J connectivity index is 2.24. The Kier molecular flexibility index (Phi) is 2.64. The highest BCUT2D eigenvalue weighted by Crippen LogP contribution is 2.34. The standard InChI is InChI=1S/C13H8N2O3S/c16-13-12(9-4-2-1-3-5-9)19-11-7-6-10(15(17)18)8-14(11)13/h1-8H/p+1. The molecule has 0 fully saturated rings. The highest BCUT2D eigenvalue weighted by atomic mass is 32.1. The summed E-state index contributed by atoms with van der Waals surface area (Å²) in [5, 5.41) is 20.9. The van der Waals surface area contributed by atoms with Gasteiger partial charge in [0.25, 0.3) is 11.0 Å². The molecule has 0 radical (unpaired) electrons. The second kappa shape index (κ2) is 4.33. The van der Waals surface area contributed by atoms with Gasteiger partial charge in [-0.3, -0.25) is 10.1 Å². The summed E-state index contributed by atoms with van der Waals surface area (Å²) >= 11 is 1.39. The number of rotatable bonds is 2. The first-order chi connectivity index (χ1) is 9.16. The highest BCUT2D eigenvalue weighted by molar-refractivity contribution is 7.20. The van der Waals surface area contributed by atoms with Gasteiger partial charge in [-0.1, -0.05) is 41.7 Å². The van der Waals surface area contributed by atoms with Crippen molar-refractivity contribution in [2.75, 3.05) is 0 Å². The minimum atomic E-state index is -0.480. The zero-order valence-electron chi connectivity index (χ0n) is 9.69. The fourth-order valence-electron chi connectivity index (χ4n) is 1.87. The lowest BCUT2D eigenvalue weighted by Crippen LogP contribution is -2.18. The molecule has 1 aromatic carbocycles. The summed E-state index contributed by atoms with van der Waals surface area (Å²) in [6, 6.07) is 12.5. The predicted molar refractivity (Wildman–Crippen MR) is 71.2 cm³/mol. The molecule has 0 aliphatic heterocycles. The van der Waals surface area contributed by atoms with Crippen molar-refractivity contribution in [3.05, 3.63) is 58.8 Å². The number of hydrogen-bond acceptors (Lipinski definition) is 4. The molecule has 94 valence electrons. The second-order valence-corrected chi connectivity index (χ2v) is 5.00. The summed E-state index contributed by atoms with van der Waals surface area (Å²) in [6.45, 7) is 0. The van der Waals surface area contributed by atoms with E-state index < -0.39 is 4.92 Å². The van der Waals surface area contributed by atoms with Gasteiger partial charge in [0, 0.05) is 17.7 Å². The molecule has 0 aliphatic rings. The lowest BCUT2D eigenvalue weighted by Gasteiger charge is -1.92. The van der Waals surface area contributed by atoms with Gasteiger partial charge in [0.2, 0.25) is 0 Å². The molecule has 0 spiro atoms. The number of pyridine rings is 1. The van der Waals surface area contributed by atoms with Gasteiger partial charge < -0.3 is 5.11 Å². The van der Waals surface area contributed by atoms with Crippen LogP contribution in [0.3, 0.4) is 0 Å². The summed E-state index contributed by atoms with van der Waals surface area (Å²) in [7, 11) is 0. The molecule has 2 aromatic heterocycles. The third kappa shape index (κ3) is 1.92. The average Bonchev–Trinajstić information content (AvgIpc) is 2.77. The number of nitro groups is 1. The maximum atomic E-state index is 10.7. The van der Waals surface area contributed by atoms with Crippen LogP contribution in [-0.2, 0) is 0 Å². The van der Waals surface area contributed by atoms with Gasteiger partial charge in [0.15, 0.2) is 4.88 Å². The van der Waals surface area contributed by atoms with E-state index in [1.807, 2.05) is 30.3 Å². The molecular formula is C13H9N2O3S+. The molecule has 0 saturated heterocycles. The molecule has 3 rings (SSSR count). The molecule has 0 saturated carbocycles. The minimum absolute atomic E-state index is 0.0231. The number of thiazole rings is 1. The predicted octanol–water partition coefficient (Wildman–Crippen LogP) is 2.77. The number of aromatic nitrogens is 1. The van der Waals surface area contributed by atoms with Crippen LogP contribution in [0.2, 0.25) is 0 Å². The van der Waals surface area contributed by atoms with Gasteiger partial charge >= 0.3 is 11.6 Å². The van der Waals surface area contributed by atoms with Crippen LogP contribution in [0, 0.1) is 10.1 Å². The SMILES string of the molecule is O=[N+]([O-])c1ccc2sc(-c3ccccc3)c(O)[n+]2c1. The fraction of sp³-hybridized carbons (Fsp3) is 0. The van der Waals surface area contributed by atoms with Crippen molar-refractivity contribution < 1.29 is 14.4 Å². The first kappa shape index (κ1) is 11.6. The van der Waals surface area contributed by atoms with Crippen LogP contribution in [0.15, 0.2) is 48.7 Å². The van der Waals surface area contributed by atoms with Crippen molar-refractivity contribution >= 4 is 21.9 Å². The molecule has 6 heteroatoms. The monoisotopic (exact) mass is 273 g/mol. The van der Waals surface area contributed by atoms with E-state index in [2.05, 4.69) is 0 Å². The molecule has 0 atom stereocenters. The lowest BCUT2D eigenvalue weighted by molar-refractivity contribution is -0.525. The van der Waals surface area contributed by atoms with Gasteiger partial charge in [0.1, 0.15) is 0 Å². The quantitative estimate of drug-likeness (QED) is 0.443. The first-order valence-corrected chi connectivity index (χ1v) is 6.35. The molecule has 0 aliphatic carbocycles. The molecule has 0 amide bonds. The Morgan fingerprint density at radius 3 is 2.58 bits per heavy atom. The van der Waals surface area contributed by atoms with Crippen LogP contribution < -0.4 is 4.40 Å². The average molecular weight is 273 g/mol. The Morgan fingerprint density at radius 2 is 1.89 bits per heavy atom. The van der Waals surface area contributed by atoms with Crippen LogP contribution in [-0.4, -0.2) is 10.0 Å². The van der Waals surface area contributed by atoms with Crippen molar-refractivity contribution in [3.63, 3.8) is 0 Å². The minimum Gasteiger partial charge on any atom is -0.458 e. The van der Waals surface area contributed by atoms with Gasteiger partial charge in [-0.2, -0.15) is 0 Å². The second-order valence-electron chi connectivity index (χ2n) is 3.97. The van der Waals surface area contributed by atoms with Crippen LogP contribution in [0.4, 0.5) is 5.69 Å². The highest BCUT2D eigenvalue weighted by Gasteiger charge is 2.24. The third-order valence-corrected chi connectivity index (χ3v) is 3.94. The zero-order valence-corrected chi connectivity index (χ0v) is 10.5. The number of benzene rings is 1. The van der Waals surface area contributed by atoms with Gasteiger partial charge in [-0.25, -0.2) is 0 Å². The van der Waals surface area contributed by atoms with Crippen molar-refractivity contribution in [1.29, 1.82) is 0 Å². The molecule has 0 bridgehead atoms. The first-order valence-electron chi connectivity index (χ1n) is 5.54. The number of aromatic hydroxyl groups is 1. The smallest absolute Gasteiger partial charge is 0.390 e. The number of fused-ring (bicyclic) bond motifs is 1. The summed E-state index contributed by atoms with van der Waals surface area (Å²) < 4.78 is 1.44. The zero-order chi connectivity index (χ0) is 13.4.